The van der Waals surface area contributed by atoms with Gasteiger partial charge < -0.3 is 4.74 Å². The number of nitrogens with zero attached hydrogens (tertiary/aromatic N) is 1. The van der Waals surface area contributed by atoms with E-state index >= 15 is 0 Å². The highest BCUT2D eigenvalue weighted by Crippen LogP contribution is 2.60. The number of carbonyl (C=O) groups is 2. The fourth-order valence-corrected chi connectivity index (χ4v) is 3.92. The predicted octanol–water partition coefficient (Wildman–Crippen LogP) is 3.40. The van der Waals surface area contributed by atoms with Gasteiger partial charge in [-0.2, -0.15) is 0 Å². The molecule has 2 fully saturated rings. The van der Waals surface area contributed by atoms with Gasteiger partial charge in [0.05, 0.1) is 17.7 Å². The average molecular weight is 301 g/mol. The molecule has 4 heteroatoms. The minimum atomic E-state index is -0.468. The molecule has 1 aliphatic heterocycles. The summed E-state index contributed by atoms with van der Waals surface area (Å²) in [7, 11) is 0. The van der Waals surface area contributed by atoms with Gasteiger partial charge >= 0.3 is 0 Å². The molecular weight excluding hydrogens is 278 g/mol. The summed E-state index contributed by atoms with van der Waals surface area (Å²) < 4.78 is 5.42. The zero-order chi connectivity index (χ0) is 16.1. The number of fused-ring (bicyclic) bond motifs is 2. The van der Waals surface area contributed by atoms with Gasteiger partial charge in [0, 0.05) is 5.92 Å². The van der Waals surface area contributed by atoms with Crippen LogP contribution in [0.5, 0.6) is 5.75 Å². The Balaban J connectivity index is 1.98. The molecule has 1 saturated heterocycles. The van der Waals surface area contributed by atoms with Gasteiger partial charge in [-0.25, -0.2) is 4.90 Å². The van der Waals surface area contributed by atoms with Crippen molar-refractivity contribution in [1.82, 2.24) is 0 Å². The molecule has 4 nitrogen and oxygen atoms in total. The lowest BCUT2D eigenvalue weighted by Gasteiger charge is -2.47. The van der Waals surface area contributed by atoms with Gasteiger partial charge in [0.1, 0.15) is 5.75 Å². The first-order valence-corrected chi connectivity index (χ1v) is 7.94. The summed E-state index contributed by atoms with van der Waals surface area (Å²) in [4.78, 5) is 27.2. The van der Waals surface area contributed by atoms with Crippen LogP contribution in [0.25, 0.3) is 0 Å². The molecule has 0 aromatic heterocycles. The molecule has 0 unspecified atom stereocenters. The second-order valence-electron chi connectivity index (χ2n) is 7.05. The second-order valence-corrected chi connectivity index (χ2v) is 7.05. The van der Waals surface area contributed by atoms with Crippen molar-refractivity contribution in [2.75, 3.05) is 11.5 Å². The Morgan fingerprint density at radius 1 is 1.18 bits per heavy atom. The van der Waals surface area contributed by atoms with Crippen molar-refractivity contribution in [3.8, 4) is 5.75 Å². The van der Waals surface area contributed by atoms with Crippen LogP contribution in [-0.4, -0.2) is 18.4 Å². The number of ether oxygens (including phenoxy) is 1. The van der Waals surface area contributed by atoms with Crippen LogP contribution in [-0.2, 0) is 9.59 Å². The van der Waals surface area contributed by atoms with Crippen LogP contribution in [0, 0.1) is 16.7 Å². The first-order chi connectivity index (χ1) is 10.3. The van der Waals surface area contributed by atoms with E-state index in [-0.39, 0.29) is 23.1 Å². The van der Waals surface area contributed by atoms with Crippen LogP contribution in [0.2, 0.25) is 0 Å². The Hall–Kier alpha value is -1.84. The van der Waals surface area contributed by atoms with E-state index in [4.69, 9.17) is 4.74 Å². The number of anilines is 1. The van der Waals surface area contributed by atoms with Gasteiger partial charge in [0.2, 0.25) is 11.8 Å². The van der Waals surface area contributed by atoms with Gasteiger partial charge in [0.15, 0.2) is 0 Å². The quantitative estimate of drug-likeness (QED) is 0.804. The molecule has 118 valence electrons. The van der Waals surface area contributed by atoms with E-state index in [0.29, 0.717) is 12.3 Å². The maximum absolute atomic E-state index is 13.0. The highest BCUT2D eigenvalue weighted by Gasteiger charge is 2.64. The third-order valence-electron chi connectivity index (χ3n) is 5.83. The van der Waals surface area contributed by atoms with Crippen molar-refractivity contribution in [2.45, 2.75) is 40.5 Å². The summed E-state index contributed by atoms with van der Waals surface area (Å²) in [5.74, 6) is 0.536. The van der Waals surface area contributed by atoms with Gasteiger partial charge in [-0.1, -0.05) is 20.8 Å². The summed E-state index contributed by atoms with van der Waals surface area (Å²) in [6.45, 7) is 8.62. The highest BCUT2D eigenvalue weighted by atomic mass is 16.5. The number of rotatable bonds is 3. The highest BCUT2D eigenvalue weighted by molar-refractivity contribution is 6.20. The lowest BCUT2D eigenvalue weighted by Crippen LogP contribution is -2.59. The molecule has 22 heavy (non-hydrogen) atoms. The fourth-order valence-electron chi connectivity index (χ4n) is 3.92. The molecule has 0 radical (unpaired) electrons. The van der Waals surface area contributed by atoms with Crippen molar-refractivity contribution in [1.29, 1.82) is 0 Å². The molecular formula is C18H23NO3. The van der Waals surface area contributed by atoms with Gasteiger partial charge in [-0.15, -0.1) is 0 Å². The molecule has 1 aromatic rings. The van der Waals surface area contributed by atoms with E-state index in [1.807, 2.05) is 26.0 Å². The number of hydrogen-bond acceptors (Lipinski definition) is 3. The van der Waals surface area contributed by atoms with Crippen molar-refractivity contribution in [2.24, 2.45) is 16.7 Å². The van der Waals surface area contributed by atoms with Crippen LogP contribution >= 0.6 is 0 Å². The summed E-state index contributed by atoms with van der Waals surface area (Å²) in [5.41, 5.74) is -0.0975. The van der Waals surface area contributed by atoms with Crippen LogP contribution in [0.4, 0.5) is 5.69 Å². The molecule has 1 heterocycles. The standard InChI is InChI=1S/C18H23NO3/c1-5-22-13-8-6-12(7-9-13)19-15(20)14-10-11-18(4,16(19)21)17(14,2)3/h6-9,14H,5,10-11H2,1-4H3/t14-,18-/m1/s1. The van der Waals surface area contributed by atoms with Crippen molar-refractivity contribution in [3.05, 3.63) is 24.3 Å². The Labute approximate surface area is 131 Å². The molecule has 1 aliphatic carbocycles. The maximum atomic E-state index is 13.0. The van der Waals surface area contributed by atoms with Crippen LogP contribution in [0.3, 0.4) is 0 Å². The van der Waals surface area contributed by atoms with Crippen LogP contribution in [0.1, 0.15) is 40.5 Å². The Bertz CT molecular complexity index is 620. The summed E-state index contributed by atoms with van der Waals surface area (Å²) in [6.07, 6.45) is 1.57. The number of hydrogen-bond donors (Lipinski definition) is 0. The zero-order valence-electron chi connectivity index (χ0n) is 13.7. The molecule has 2 aliphatic rings. The van der Waals surface area contributed by atoms with E-state index in [9.17, 15) is 9.59 Å². The molecule has 1 aromatic carbocycles. The molecule has 1 saturated carbocycles. The molecule has 2 atom stereocenters. The van der Waals surface area contributed by atoms with E-state index in [1.165, 1.54) is 4.90 Å². The number of benzene rings is 1. The Morgan fingerprint density at radius 2 is 1.82 bits per heavy atom. The molecule has 2 amide bonds. The monoisotopic (exact) mass is 301 g/mol. The predicted molar refractivity (Wildman–Crippen MR) is 84.7 cm³/mol. The Morgan fingerprint density at radius 3 is 2.41 bits per heavy atom. The summed E-state index contributed by atoms with van der Waals surface area (Å²) in [6, 6.07) is 7.20. The number of imide groups is 1. The first-order valence-electron chi connectivity index (χ1n) is 7.94. The molecule has 0 spiro atoms. The maximum Gasteiger partial charge on any atom is 0.240 e. The smallest absolute Gasteiger partial charge is 0.240 e. The number of amides is 2. The average Bonchev–Trinajstić information content (AvgIpc) is 2.65. The summed E-state index contributed by atoms with van der Waals surface area (Å²) in [5, 5.41) is 0. The zero-order valence-corrected chi connectivity index (χ0v) is 13.7. The molecule has 3 rings (SSSR count). The largest absolute Gasteiger partial charge is 0.494 e. The van der Waals surface area contributed by atoms with E-state index in [0.717, 1.165) is 18.6 Å². The van der Waals surface area contributed by atoms with E-state index < -0.39 is 5.41 Å². The second kappa shape index (κ2) is 4.83. The topological polar surface area (TPSA) is 46.6 Å². The lowest BCUT2D eigenvalue weighted by atomic mass is 9.62. The molecule has 2 bridgehead atoms. The minimum Gasteiger partial charge on any atom is -0.494 e. The van der Waals surface area contributed by atoms with E-state index in [2.05, 4.69) is 13.8 Å². The summed E-state index contributed by atoms with van der Waals surface area (Å²) >= 11 is 0. The SMILES string of the molecule is CCOc1ccc(N2C(=O)[C@H]3CC[C@](C)(C2=O)C3(C)C)cc1. The third kappa shape index (κ3) is 1.82. The fraction of sp³-hybridized carbons (Fsp3) is 0.556. The molecule has 0 N–H and O–H groups in total. The van der Waals surface area contributed by atoms with Crippen LogP contribution < -0.4 is 9.64 Å². The Kier molecular flexibility index (Phi) is 3.31. The normalized spacial score (nSPS) is 29.8. The van der Waals surface area contributed by atoms with Crippen molar-refractivity contribution in [3.63, 3.8) is 0 Å². The van der Waals surface area contributed by atoms with Crippen LogP contribution in [0.15, 0.2) is 24.3 Å². The van der Waals surface area contributed by atoms with Gasteiger partial charge in [-0.3, -0.25) is 9.59 Å². The van der Waals surface area contributed by atoms with Gasteiger partial charge in [0.25, 0.3) is 0 Å². The van der Waals surface area contributed by atoms with Crippen molar-refractivity contribution >= 4 is 17.5 Å². The van der Waals surface area contributed by atoms with Crippen molar-refractivity contribution < 1.29 is 14.3 Å². The van der Waals surface area contributed by atoms with Gasteiger partial charge in [-0.05, 0) is 49.4 Å². The van der Waals surface area contributed by atoms with E-state index in [1.54, 1.807) is 12.1 Å². The third-order valence-corrected chi connectivity index (χ3v) is 5.83. The first kappa shape index (κ1) is 15.1. The number of carbonyl (C=O) groups excluding carboxylic acids is 2. The lowest BCUT2D eigenvalue weighted by molar-refractivity contribution is -0.146. The number of piperidine rings is 1. The minimum absolute atomic E-state index is 0.0610.